The molecule has 0 amide bonds. The fourth-order valence-electron chi connectivity index (χ4n) is 1.53. The molecule has 5 heteroatoms. The van der Waals surface area contributed by atoms with Crippen LogP contribution in [0.4, 0.5) is 0 Å². The standard InChI is InChI=1S/C12H28N4.HI/c1-5-13-12(14-6-2)15-10-9-11-16(7-3)8-4;/h5-11H2,1-4H3,(H2,13,14,15);1H. The molecule has 4 nitrogen and oxygen atoms in total. The van der Waals surface area contributed by atoms with Gasteiger partial charge in [0.1, 0.15) is 0 Å². The van der Waals surface area contributed by atoms with Gasteiger partial charge in [0.05, 0.1) is 0 Å². The summed E-state index contributed by atoms with van der Waals surface area (Å²) in [4.78, 5) is 6.94. The summed E-state index contributed by atoms with van der Waals surface area (Å²) in [6.45, 7) is 14.7. The average molecular weight is 356 g/mol. The van der Waals surface area contributed by atoms with Gasteiger partial charge in [-0.3, -0.25) is 4.99 Å². The molecule has 2 N–H and O–H groups in total. The molecule has 0 radical (unpaired) electrons. The third-order valence-corrected chi connectivity index (χ3v) is 2.49. The number of hydrogen-bond donors (Lipinski definition) is 2. The largest absolute Gasteiger partial charge is 0.357 e. The molecule has 0 fully saturated rings. The lowest BCUT2D eigenvalue weighted by Crippen LogP contribution is -2.37. The summed E-state index contributed by atoms with van der Waals surface area (Å²) in [6, 6.07) is 0. The Bertz CT molecular complexity index is 173. The highest BCUT2D eigenvalue weighted by Crippen LogP contribution is 1.91. The number of aliphatic imine (C=N–C) groups is 1. The first-order valence-electron chi connectivity index (χ1n) is 6.52. The van der Waals surface area contributed by atoms with Crippen LogP contribution in [-0.2, 0) is 0 Å². The zero-order valence-electron chi connectivity index (χ0n) is 11.8. The van der Waals surface area contributed by atoms with Gasteiger partial charge < -0.3 is 15.5 Å². The van der Waals surface area contributed by atoms with E-state index < -0.39 is 0 Å². The van der Waals surface area contributed by atoms with Gasteiger partial charge in [-0.2, -0.15) is 0 Å². The first-order chi connectivity index (χ1) is 7.78. The smallest absolute Gasteiger partial charge is 0.191 e. The summed E-state index contributed by atoms with van der Waals surface area (Å²) in [6.07, 6.45) is 1.13. The lowest BCUT2D eigenvalue weighted by Gasteiger charge is -2.17. The van der Waals surface area contributed by atoms with Crippen LogP contribution in [0, 0.1) is 0 Å². The molecule has 0 aromatic carbocycles. The van der Waals surface area contributed by atoms with Crippen molar-refractivity contribution >= 4 is 29.9 Å². The van der Waals surface area contributed by atoms with E-state index in [1.807, 2.05) is 0 Å². The molecule has 0 aromatic rings. The van der Waals surface area contributed by atoms with Crippen molar-refractivity contribution in [3.8, 4) is 0 Å². The van der Waals surface area contributed by atoms with Crippen LogP contribution in [0.1, 0.15) is 34.1 Å². The summed E-state index contributed by atoms with van der Waals surface area (Å²) < 4.78 is 0. The Balaban J connectivity index is 0. The van der Waals surface area contributed by atoms with E-state index in [0.717, 1.165) is 51.6 Å². The molecule has 0 aliphatic carbocycles. The third kappa shape index (κ3) is 10.8. The van der Waals surface area contributed by atoms with E-state index in [4.69, 9.17) is 0 Å². The van der Waals surface area contributed by atoms with E-state index in [0.29, 0.717) is 0 Å². The van der Waals surface area contributed by atoms with Crippen molar-refractivity contribution in [2.24, 2.45) is 4.99 Å². The Morgan fingerprint density at radius 3 is 1.94 bits per heavy atom. The Morgan fingerprint density at radius 1 is 1.00 bits per heavy atom. The van der Waals surface area contributed by atoms with Crippen molar-refractivity contribution in [2.75, 3.05) is 39.3 Å². The van der Waals surface area contributed by atoms with Crippen molar-refractivity contribution in [1.29, 1.82) is 0 Å². The van der Waals surface area contributed by atoms with E-state index in [1.54, 1.807) is 0 Å². The monoisotopic (exact) mass is 356 g/mol. The Labute approximate surface area is 124 Å². The normalized spacial score (nSPS) is 9.71. The van der Waals surface area contributed by atoms with Crippen molar-refractivity contribution in [2.45, 2.75) is 34.1 Å². The highest BCUT2D eigenvalue weighted by atomic mass is 127. The molecule has 0 saturated heterocycles. The molecule has 104 valence electrons. The first kappa shape index (κ1) is 19.3. The van der Waals surface area contributed by atoms with Crippen molar-refractivity contribution in [3.63, 3.8) is 0 Å². The molecule has 0 saturated carbocycles. The van der Waals surface area contributed by atoms with E-state index >= 15 is 0 Å². The molecular weight excluding hydrogens is 327 g/mol. The number of nitrogens with zero attached hydrogens (tertiary/aromatic N) is 2. The van der Waals surface area contributed by atoms with Crippen LogP contribution in [0.2, 0.25) is 0 Å². The quantitative estimate of drug-likeness (QED) is 0.302. The molecule has 0 rings (SSSR count). The molecule has 0 atom stereocenters. The van der Waals surface area contributed by atoms with Crippen molar-refractivity contribution in [3.05, 3.63) is 0 Å². The first-order valence-corrected chi connectivity index (χ1v) is 6.52. The summed E-state index contributed by atoms with van der Waals surface area (Å²) in [5, 5.41) is 6.45. The van der Waals surface area contributed by atoms with Gasteiger partial charge in [-0.25, -0.2) is 0 Å². The number of nitrogens with one attached hydrogen (secondary N) is 2. The fraction of sp³-hybridized carbons (Fsp3) is 0.917. The van der Waals surface area contributed by atoms with Gasteiger partial charge in [0, 0.05) is 19.6 Å². The van der Waals surface area contributed by atoms with Crippen molar-refractivity contribution in [1.82, 2.24) is 15.5 Å². The molecule has 0 aliphatic heterocycles. The number of halogens is 1. The highest BCUT2D eigenvalue weighted by molar-refractivity contribution is 14.0. The van der Waals surface area contributed by atoms with Gasteiger partial charge in [-0.15, -0.1) is 24.0 Å². The highest BCUT2D eigenvalue weighted by Gasteiger charge is 1.98. The van der Waals surface area contributed by atoms with Crippen LogP contribution in [0.5, 0.6) is 0 Å². The van der Waals surface area contributed by atoms with Gasteiger partial charge >= 0.3 is 0 Å². The second-order valence-corrected chi connectivity index (χ2v) is 3.67. The van der Waals surface area contributed by atoms with Gasteiger partial charge in [0.25, 0.3) is 0 Å². The maximum Gasteiger partial charge on any atom is 0.191 e. The van der Waals surface area contributed by atoms with Crippen LogP contribution < -0.4 is 10.6 Å². The maximum absolute atomic E-state index is 4.51. The second kappa shape index (κ2) is 14.0. The fourth-order valence-corrected chi connectivity index (χ4v) is 1.53. The molecule has 0 aromatic heterocycles. The minimum absolute atomic E-state index is 0. The van der Waals surface area contributed by atoms with E-state index in [9.17, 15) is 0 Å². The lowest BCUT2D eigenvalue weighted by molar-refractivity contribution is 0.302. The molecule has 0 unspecified atom stereocenters. The number of hydrogen-bond acceptors (Lipinski definition) is 2. The summed E-state index contributed by atoms with van der Waals surface area (Å²) in [5.74, 6) is 0.935. The van der Waals surface area contributed by atoms with Crippen LogP contribution in [0.15, 0.2) is 4.99 Å². The topological polar surface area (TPSA) is 39.7 Å². The van der Waals surface area contributed by atoms with Crippen LogP contribution in [-0.4, -0.2) is 50.1 Å². The van der Waals surface area contributed by atoms with E-state index in [-0.39, 0.29) is 24.0 Å². The molecule has 0 spiro atoms. The zero-order chi connectivity index (χ0) is 12.2. The van der Waals surface area contributed by atoms with E-state index in [1.165, 1.54) is 0 Å². The Hall–Kier alpha value is -0.0400. The zero-order valence-corrected chi connectivity index (χ0v) is 14.1. The summed E-state index contributed by atoms with van der Waals surface area (Å²) in [5.41, 5.74) is 0. The van der Waals surface area contributed by atoms with Crippen LogP contribution in [0.3, 0.4) is 0 Å². The summed E-state index contributed by atoms with van der Waals surface area (Å²) >= 11 is 0. The van der Waals surface area contributed by atoms with Gasteiger partial charge in [-0.1, -0.05) is 13.8 Å². The number of rotatable bonds is 8. The minimum Gasteiger partial charge on any atom is -0.357 e. The molecule has 0 aliphatic rings. The Kier molecular flexibility index (Phi) is 15.9. The van der Waals surface area contributed by atoms with E-state index in [2.05, 4.69) is 48.2 Å². The van der Waals surface area contributed by atoms with Crippen LogP contribution >= 0.6 is 24.0 Å². The van der Waals surface area contributed by atoms with Gasteiger partial charge in [0.2, 0.25) is 0 Å². The lowest BCUT2D eigenvalue weighted by atomic mass is 10.4. The molecule has 0 heterocycles. The SMILES string of the molecule is CCNC(=NCCCN(CC)CC)NCC.I. The van der Waals surface area contributed by atoms with Crippen LogP contribution in [0.25, 0.3) is 0 Å². The molecular formula is C12H29IN4. The average Bonchev–Trinajstić information content (AvgIpc) is 2.30. The Morgan fingerprint density at radius 2 is 1.53 bits per heavy atom. The molecule has 17 heavy (non-hydrogen) atoms. The number of guanidine groups is 1. The van der Waals surface area contributed by atoms with Crippen molar-refractivity contribution < 1.29 is 0 Å². The predicted octanol–water partition coefficient (Wildman–Crippen LogP) is 1.91. The third-order valence-electron chi connectivity index (χ3n) is 2.49. The maximum atomic E-state index is 4.51. The van der Waals surface area contributed by atoms with Gasteiger partial charge in [-0.05, 0) is 39.9 Å². The van der Waals surface area contributed by atoms with Gasteiger partial charge in [0.15, 0.2) is 5.96 Å². The molecule has 0 bridgehead atoms. The summed E-state index contributed by atoms with van der Waals surface area (Å²) in [7, 11) is 0. The second-order valence-electron chi connectivity index (χ2n) is 3.67. The predicted molar refractivity (Wildman–Crippen MR) is 87.5 cm³/mol. The minimum atomic E-state index is 0.